The van der Waals surface area contributed by atoms with Crippen molar-refractivity contribution in [3.05, 3.63) is 11.8 Å². The van der Waals surface area contributed by atoms with Gasteiger partial charge in [0.1, 0.15) is 0 Å². The third kappa shape index (κ3) is 3.12. The quantitative estimate of drug-likeness (QED) is 0.469. The Hall–Kier alpha value is -0.0431. The molecule has 0 nitrogen and oxygen atoms in total. The second kappa shape index (κ2) is 7.68. The minimum absolute atomic E-state index is 1.10. The zero-order chi connectivity index (χ0) is 15.4. The fourth-order valence-corrected chi connectivity index (χ4v) is 15.0. The molecule has 0 spiro atoms. The summed E-state index contributed by atoms with van der Waals surface area (Å²) in [5.41, 5.74) is 3.31. The lowest BCUT2D eigenvalue weighted by Crippen LogP contribution is -2.52. The molecule has 0 aromatic carbocycles. The van der Waals surface area contributed by atoms with Gasteiger partial charge in [-0.05, 0) is 23.5 Å². The highest BCUT2D eigenvalue weighted by Gasteiger charge is 2.52. The van der Waals surface area contributed by atoms with Crippen LogP contribution in [0.15, 0.2) is 11.8 Å². The van der Waals surface area contributed by atoms with Gasteiger partial charge < -0.3 is 0 Å². The third-order valence-electron chi connectivity index (χ3n) is 7.58. The monoisotopic (exact) mass is 318 g/mol. The maximum Gasteiger partial charge on any atom is 0.0895 e. The zero-order valence-electron chi connectivity index (χ0n) is 15.0. The van der Waals surface area contributed by atoms with Crippen molar-refractivity contribution in [3.8, 4) is 0 Å². The average Bonchev–Trinajstić information content (AvgIpc) is 2.58. The summed E-state index contributed by atoms with van der Waals surface area (Å²) in [5.74, 6) is 0. The average molecular weight is 319 g/mol. The molecule has 0 aliphatic heterocycles. The van der Waals surface area contributed by atoms with Crippen LogP contribution in [0.2, 0.25) is 16.6 Å². The van der Waals surface area contributed by atoms with Gasteiger partial charge in [0, 0.05) is 0 Å². The maximum atomic E-state index is 4.71. The predicted octanol–water partition coefficient (Wildman–Crippen LogP) is 7.55. The van der Waals surface area contributed by atoms with E-state index in [1.165, 1.54) is 57.8 Å². The smallest absolute Gasteiger partial charge is 0.0895 e. The van der Waals surface area contributed by atoms with Crippen LogP contribution in [0, 0.1) is 0 Å². The van der Waals surface area contributed by atoms with Crippen LogP contribution < -0.4 is 0 Å². The van der Waals surface area contributed by atoms with E-state index in [-0.39, 0.29) is 0 Å². The Morgan fingerprint density at radius 3 is 1.09 bits per heavy atom. The summed E-state index contributed by atoms with van der Waals surface area (Å²) >= 11 is 0. The number of hydrogen-bond donors (Lipinski definition) is 0. The van der Waals surface area contributed by atoms with Gasteiger partial charge in [-0.2, -0.15) is 0 Å². The highest BCUT2D eigenvalue weighted by Crippen LogP contribution is 2.59. The largest absolute Gasteiger partial charge is 0.104 e. The first-order valence-electron chi connectivity index (χ1n) is 10.4. The van der Waals surface area contributed by atoms with E-state index in [1.807, 2.05) is 0 Å². The van der Waals surface area contributed by atoms with Gasteiger partial charge in [0.15, 0.2) is 0 Å². The molecule has 0 N–H and O–H groups in total. The second-order valence-corrected chi connectivity index (χ2v) is 13.9. The molecule has 0 aromatic rings. The number of hydrogen-bond acceptors (Lipinski definition) is 0. The van der Waals surface area contributed by atoms with Crippen LogP contribution in [0.1, 0.15) is 103 Å². The van der Waals surface area contributed by atoms with Crippen LogP contribution in [-0.4, -0.2) is 8.07 Å². The summed E-state index contributed by atoms with van der Waals surface area (Å²) in [5, 5.41) is 1.72. The van der Waals surface area contributed by atoms with Gasteiger partial charge >= 0.3 is 0 Å². The van der Waals surface area contributed by atoms with Crippen LogP contribution >= 0.6 is 0 Å². The molecule has 0 saturated heterocycles. The molecule has 3 aliphatic carbocycles. The molecule has 3 saturated carbocycles. The van der Waals surface area contributed by atoms with Crippen molar-refractivity contribution in [2.45, 2.75) is 120 Å². The SMILES string of the molecule is C=C(C)[Si](C1CCCCC1)(C1CCCCC1)C1CCCCC1. The van der Waals surface area contributed by atoms with Gasteiger partial charge in [0.2, 0.25) is 0 Å². The first kappa shape index (κ1) is 16.8. The van der Waals surface area contributed by atoms with Crippen molar-refractivity contribution in [2.24, 2.45) is 0 Å². The Labute approximate surface area is 140 Å². The van der Waals surface area contributed by atoms with E-state index in [0.717, 1.165) is 16.6 Å². The highest BCUT2D eigenvalue weighted by molar-refractivity contribution is 6.90. The van der Waals surface area contributed by atoms with E-state index in [1.54, 1.807) is 43.7 Å². The molecule has 22 heavy (non-hydrogen) atoms. The highest BCUT2D eigenvalue weighted by atomic mass is 28.3. The minimum atomic E-state index is -1.36. The third-order valence-corrected chi connectivity index (χ3v) is 14.8. The molecular weight excluding hydrogens is 280 g/mol. The van der Waals surface area contributed by atoms with E-state index in [0.29, 0.717) is 0 Å². The standard InChI is InChI=1S/C21H38Si/c1-18(2)22(19-12-6-3-7-13-19,20-14-8-4-9-15-20)21-16-10-5-11-17-21/h19-21H,1,3-17H2,2H3. The fraction of sp³-hybridized carbons (Fsp3) is 0.905. The van der Waals surface area contributed by atoms with Crippen molar-refractivity contribution < 1.29 is 0 Å². The Balaban J connectivity index is 1.94. The minimum Gasteiger partial charge on any atom is -0.104 e. The van der Waals surface area contributed by atoms with Gasteiger partial charge in [0.25, 0.3) is 0 Å². The van der Waals surface area contributed by atoms with Crippen LogP contribution in [0.3, 0.4) is 0 Å². The van der Waals surface area contributed by atoms with Crippen molar-refractivity contribution >= 4 is 8.07 Å². The Morgan fingerprint density at radius 1 is 0.591 bits per heavy atom. The fourth-order valence-electron chi connectivity index (χ4n) is 6.79. The molecule has 1 heteroatoms. The zero-order valence-corrected chi connectivity index (χ0v) is 16.0. The summed E-state index contributed by atoms with van der Waals surface area (Å²) in [6.45, 7) is 7.19. The summed E-state index contributed by atoms with van der Waals surface area (Å²) in [7, 11) is -1.36. The molecule has 126 valence electrons. The Kier molecular flexibility index (Phi) is 5.87. The van der Waals surface area contributed by atoms with E-state index in [4.69, 9.17) is 6.58 Å². The van der Waals surface area contributed by atoms with Gasteiger partial charge in [-0.1, -0.05) is 102 Å². The van der Waals surface area contributed by atoms with Crippen LogP contribution in [0.25, 0.3) is 0 Å². The molecule has 0 radical (unpaired) electrons. The van der Waals surface area contributed by atoms with Gasteiger partial charge in [-0.3, -0.25) is 0 Å². The molecule has 0 unspecified atom stereocenters. The summed E-state index contributed by atoms with van der Waals surface area (Å²) < 4.78 is 0. The summed E-state index contributed by atoms with van der Waals surface area (Å²) in [6, 6.07) is 0. The molecule has 3 rings (SSSR count). The molecule has 0 heterocycles. The van der Waals surface area contributed by atoms with Gasteiger partial charge in [-0.15, -0.1) is 6.58 Å². The lowest BCUT2D eigenvalue weighted by atomic mass is 9.98. The van der Waals surface area contributed by atoms with Crippen LogP contribution in [0.5, 0.6) is 0 Å². The number of rotatable bonds is 4. The first-order chi connectivity index (χ1) is 10.8. The lowest BCUT2D eigenvalue weighted by Gasteiger charge is -2.54. The van der Waals surface area contributed by atoms with Crippen molar-refractivity contribution in [2.75, 3.05) is 0 Å². The van der Waals surface area contributed by atoms with E-state index in [2.05, 4.69) is 6.92 Å². The molecule has 3 aliphatic rings. The van der Waals surface area contributed by atoms with Crippen molar-refractivity contribution in [3.63, 3.8) is 0 Å². The summed E-state index contributed by atoms with van der Waals surface area (Å²) in [6.07, 6.45) is 23.0. The van der Waals surface area contributed by atoms with Gasteiger partial charge in [0.05, 0.1) is 8.07 Å². The first-order valence-corrected chi connectivity index (χ1v) is 12.7. The molecule has 0 bridgehead atoms. The second-order valence-electron chi connectivity index (χ2n) is 8.72. The predicted molar refractivity (Wildman–Crippen MR) is 101 cm³/mol. The molecule has 0 atom stereocenters. The molecular formula is C21H38Si. The lowest BCUT2D eigenvalue weighted by molar-refractivity contribution is 0.418. The van der Waals surface area contributed by atoms with E-state index in [9.17, 15) is 0 Å². The van der Waals surface area contributed by atoms with Gasteiger partial charge in [-0.25, -0.2) is 0 Å². The number of allylic oxidation sites excluding steroid dienone is 1. The Morgan fingerprint density at radius 2 is 0.864 bits per heavy atom. The molecule has 3 fully saturated rings. The van der Waals surface area contributed by atoms with Crippen molar-refractivity contribution in [1.29, 1.82) is 0 Å². The topological polar surface area (TPSA) is 0 Å². The van der Waals surface area contributed by atoms with Crippen molar-refractivity contribution in [1.82, 2.24) is 0 Å². The normalized spacial score (nSPS) is 27.0. The Bertz CT molecular complexity index is 309. The van der Waals surface area contributed by atoms with E-state index < -0.39 is 8.07 Å². The van der Waals surface area contributed by atoms with E-state index >= 15 is 0 Å². The summed E-state index contributed by atoms with van der Waals surface area (Å²) in [4.78, 5) is 0. The molecule has 0 aromatic heterocycles. The van der Waals surface area contributed by atoms with Crippen LogP contribution in [-0.2, 0) is 0 Å². The van der Waals surface area contributed by atoms with Crippen LogP contribution in [0.4, 0.5) is 0 Å². The molecule has 0 amide bonds. The maximum absolute atomic E-state index is 4.71.